The summed E-state index contributed by atoms with van der Waals surface area (Å²) >= 11 is 4.76. The molecular formula is C13H11BrFNOS. The van der Waals surface area contributed by atoms with Crippen molar-refractivity contribution in [1.82, 2.24) is 5.32 Å². The van der Waals surface area contributed by atoms with Gasteiger partial charge < -0.3 is 5.32 Å². The number of carbonyl (C=O) groups is 1. The quantitative estimate of drug-likeness (QED) is 0.910. The maximum Gasteiger partial charge on any atom is 0.252 e. The molecule has 1 aromatic heterocycles. The maximum atomic E-state index is 13.5. The van der Waals surface area contributed by atoms with E-state index in [0.717, 1.165) is 10.0 Å². The predicted molar refractivity (Wildman–Crippen MR) is 74.3 cm³/mol. The van der Waals surface area contributed by atoms with E-state index in [2.05, 4.69) is 21.2 Å². The van der Waals surface area contributed by atoms with Gasteiger partial charge in [0.25, 0.3) is 5.91 Å². The van der Waals surface area contributed by atoms with E-state index in [1.807, 2.05) is 12.3 Å². The lowest BCUT2D eigenvalue weighted by Crippen LogP contribution is -2.23. The molecule has 1 aromatic carbocycles. The Morgan fingerprint density at radius 3 is 2.89 bits per heavy atom. The van der Waals surface area contributed by atoms with Gasteiger partial charge in [-0.05, 0) is 36.1 Å². The van der Waals surface area contributed by atoms with Gasteiger partial charge in [-0.25, -0.2) is 4.39 Å². The van der Waals surface area contributed by atoms with Crippen LogP contribution in [0.1, 0.15) is 21.5 Å². The van der Waals surface area contributed by atoms with Crippen LogP contribution in [-0.2, 0) is 6.54 Å². The normalized spacial score (nSPS) is 10.4. The average molecular weight is 328 g/mol. The molecule has 2 aromatic rings. The maximum absolute atomic E-state index is 13.5. The number of hydrogen-bond donors (Lipinski definition) is 1. The molecule has 0 radical (unpaired) electrons. The van der Waals surface area contributed by atoms with Crippen LogP contribution in [-0.4, -0.2) is 5.91 Å². The molecule has 0 aliphatic rings. The van der Waals surface area contributed by atoms with Crippen LogP contribution in [0.3, 0.4) is 0 Å². The smallest absolute Gasteiger partial charge is 0.252 e. The van der Waals surface area contributed by atoms with Crippen molar-refractivity contribution >= 4 is 33.2 Å². The van der Waals surface area contributed by atoms with Gasteiger partial charge in [0.05, 0.1) is 5.56 Å². The van der Waals surface area contributed by atoms with Crippen molar-refractivity contribution in [3.8, 4) is 0 Å². The number of carbonyl (C=O) groups excluding carboxylic acids is 1. The largest absolute Gasteiger partial charge is 0.348 e. The summed E-state index contributed by atoms with van der Waals surface area (Å²) in [6, 6.07) is 4.67. The van der Waals surface area contributed by atoms with E-state index in [1.54, 1.807) is 17.5 Å². The first kappa shape index (κ1) is 13.2. The van der Waals surface area contributed by atoms with Crippen molar-refractivity contribution in [3.05, 3.63) is 55.9 Å². The Morgan fingerprint density at radius 2 is 2.22 bits per heavy atom. The van der Waals surface area contributed by atoms with E-state index < -0.39 is 0 Å². The molecule has 2 rings (SSSR count). The summed E-state index contributed by atoms with van der Waals surface area (Å²) in [5.74, 6) is -0.492. The fraction of sp³-hybridized carbons (Fsp3) is 0.154. The molecule has 1 heterocycles. The van der Waals surface area contributed by atoms with Crippen molar-refractivity contribution < 1.29 is 9.18 Å². The summed E-state index contributed by atoms with van der Waals surface area (Å²) in [5, 5.41) is 6.42. The van der Waals surface area contributed by atoms with Gasteiger partial charge >= 0.3 is 0 Å². The Balaban J connectivity index is 2.06. The zero-order chi connectivity index (χ0) is 13.1. The van der Waals surface area contributed by atoms with Crippen molar-refractivity contribution in [2.75, 3.05) is 0 Å². The molecule has 0 atom stereocenters. The Bertz CT molecular complexity index is 582. The summed E-state index contributed by atoms with van der Waals surface area (Å²) in [6.45, 7) is 2.06. The van der Waals surface area contributed by atoms with Gasteiger partial charge in [-0.3, -0.25) is 4.79 Å². The first-order valence-corrected chi connectivity index (χ1v) is 7.06. The number of halogens is 2. The van der Waals surface area contributed by atoms with Gasteiger partial charge in [-0.1, -0.05) is 15.9 Å². The second-order valence-corrected chi connectivity index (χ2v) is 5.55. The standard InChI is InChI=1S/C13H11BrFNOS/c1-8-6-18-7-11(8)13(17)16-5-9-4-10(14)2-3-12(9)15/h2-4,6-7H,5H2,1H3,(H,16,17). The van der Waals surface area contributed by atoms with Gasteiger partial charge in [0.2, 0.25) is 0 Å². The van der Waals surface area contributed by atoms with E-state index in [0.29, 0.717) is 11.1 Å². The topological polar surface area (TPSA) is 29.1 Å². The highest BCUT2D eigenvalue weighted by Gasteiger charge is 2.10. The van der Waals surface area contributed by atoms with Crippen molar-refractivity contribution in [2.45, 2.75) is 13.5 Å². The van der Waals surface area contributed by atoms with Crippen LogP contribution in [0, 0.1) is 12.7 Å². The van der Waals surface area contributed by atoms with E-state index in [9.17, 15) is 9.18 Å². The van der Waals surface area contributed by atoms with Gasteiger partial charge in [0, 0.05) is 22.0 Å². The highest BCUT2D eigenvalue weighted by atomic mass is 79.9. The minimum atomic E-state index is -0.319. The lowest BCUT2D eigenvalue weighted by Gasteiger charge is -2.06. The van der Waals surface area contributed by atoms with Crippen molar-refractivity contribution in [1.29, 1.82) is 0 Å². The highest BCUT2D eigenvalue weighted by Crippen LogP contribution is 2.16. The van der Waals surface area contributed by atoms with Crippen LogP contribution in [0.2, 0.25) is 0 Å². The number of thiophene rings is 1. The number of rotatable bonds is 3. The molecule has 0 bridgehead atoms. The predicted octanol–water partition coefficient (Wildman–Crippen LogP) is 3.89. The first-order valence-electron chi connectivity index (χ1n) is 5.33. The van der Waals surface area contributed by atoms with Gasteiger partial charge in [-0.15, -0.1) is 0 Å². The van der Waals surface area contributed by atoms with Crippen LogP contribution in [0.4, 0.5) is 4.39 Å². The molecule has 0 aliphatic heterocycles. The number of benzene rings is 1. The summed E-state index contributed by atoms with van der Waals surface area (Å²) in [7, 11) is 0. The van der Waals surface area contributed by atoms with E-state index in [-0.39, 0.29) is 18.3 Å². The molecule has 5 heteroatoms. The molecule has 0 saturated carbocycles. The second kappa shape index (κ2) is 5.63. The number of nitrogens with one attached hydrogen (secondary N) is 1. The molecule has 2 nitrogen and oxygen atoms in total. The zero-order valence-electron chi connectivity index (χ0n) is 9.67. The molecular weight excluding hydrogens is 317 g/mol. The SMILES string of the molecule is Cc1cscc1C(=O)NCc1cc(Br)ccc1F. The number of aryl methyl sites for hydroxylation is 1. The monoisotopic (exact) mass is 327 g/mol. The minimum Gasteiger partial charge on any atom is -0.348 e. The average Bonchev–Trinajstić information content (AvgIpc) is 2.76. The lowest BCUT2D eigenvalue weighted by molar-refractivity contribution is 0.0950. The molecule has 0 saturated heterocycles. The van der Waals surface area contributed by atoms with Crippen LogP contribution in [0.15, 0.2) is 33.4 Å². The minimum absolute atomic E-state index is 0.173. The summed E-state index contributed by atoms with van der Waals surface area (Å²) in [4.78, 5) is 11.9. The molecule has 1 amide bonds. The second-order valence-electron chi connectivity index (χ2n) is 3.89. The van der Waals surface area contributed by atoms with Gasteiger partial charge in [0.1, 0.15) is 5.82 Å². The van der Waals surface area contributed by atoms with Crippen LogP contribution in [0.25, 0.3) is 0 Å². The fourth-order valence-electron chi connectivity index (χ4n) is 1.54. The molecule has 0 fully saturated rings. The summed E-state index contributed by atoms with van der Waals surface area (Å²) < 4.78 is 14.3. The molecule has 0 aliphatic carbocycles. The number of hydrogen-bond acceptors (Lipinski definition) is 2. The third kappa shape index (κ3) is 2.97. The zero-order valence-corrected chi connectivity index (χ0v) is 12.1. The third-order valence-electron chi connectivity index (χ3n) is 2.55. The van der Waals surface area contributed by atoms with E-state index in [4.69, 9.17) is 0 Å². The number of amides is 1. The Kier molecular flexibility index (Phi) is 4.14. The first-order chi connectivity index (χ1) is 8.58. The van der Waals surface area contributed by atoms with E-state index in [1.165, 1.54) is 17.4 Å². The third-order valence-corrected chi connectivity index (χ3v) is 3.90. The van der Waals surface area contributed by atoms with Crippen molar-refractivity contribution in [2.24, 2.45) is 0 Å². The molecule has 18 heavy (non-hydrogen) atoms. The highest BCUT2D eigenvalue weighted by molar-refractivity contribution is 9.10. The Hall–Kier alpha value is -1.20. The fourth-order valence-corrected chi connectivity index (χ4v) is 2.78. The molecule has 94 valence electrons. The van der Waals surface area contributed by atoms with Crippen LogP contribution < -0.4 is 5.32 Å². The van der Waals surface area contributed by atoms with Crippen LogP contribution in [0.5, 0.6) is 0 Å². The Morgan fingerprint density at radius 1 is 1.44 bits per heavy atom. The van der Waals surface area contributed by atoms with Crippen LogP contribution >= 0.6 is 27.3 Å². The summed E-state index contributed by atoms with van der Waals surface area (Å²) in [6.07, 6.45) is 0. The lowest BCUT2D eigenvalue weighted by atomic mass is 10.2. The van der Waals surface area contributed by atoms with Gasteiger partial charge in [-0.2, -0.15) is 11.3 Å². The van der Waals surface area contributed by atoms with E-state index >= 15 is 0 Å². The van der Waals surface area contributed by atoms with Crippen molar-refractivity contribution in [3.63, 3.8) is 0 Å². The van der Waals surface area contributed by atoms with Gasteiger partial charge in [0.15, 0.2) is 0 Å². The molecule has 0 spiro atoms. The molecule has 1 N–H and O–H groups in total. The molecule has 0 unspecified atom stereocenters. The summed E-state index contributed by atoms with van der Waals surface area (Å²) in [5.41, 5.74) is 2.05. The Labute approximate surface area is 117 Å².